The van der Waals surface area contributed by atoms with Crippen LogP contribution >= 0.6 is 0 Å². The zero-order valence-corrected chi connectivity index (χ0v) is 16.8. The van der Waals surface area contributed by atoms with Crippen LogP contribution in [0.2, 0.25) is 0 Å². The van der Waals surface area contributed by atoms with Gasteiger partial charge in [0.15, 0.2) is 0 Å². The maximum absolute atomic E-state index is 13.5. The van der Waals surface area contributed by atoms with Crippen molar-refractivity contribution < 1.29 is 9.53 Å². The highest BCUT2D eigenvalue weighted by atomic mass is 16.5. The Morgan fingerprint density at radius 2 is 1.86 bits per heavy atom. The SMILES string of the molecule is COc1ccc(C2(C(=O)Nc3ccc(C)c(-n4cnnn4)c3)CCCCC2)cc1. The minimum Gasteiger partial charge on any atom is -0.497 e. The van der Waals surface area contributed by atoms with Crippen LogP contribution in [0.3, 0.4) is 0 Å². The van der Waals surface area contributed by atoms with Crippen molar-refractivity contribution >= 4 is 11.6 Å². The van der Waals surface area contributed by atoms with E-state index in [0.29, 0.717) is 0 Å². The summed E-state index contributed by atoms with van der Waals surface area (Å²) < 4.78 is 6.89. The van der Waals surface area contributed by atoms with Crippen LogP contribution in [0.15, 0.2) is 48.8 Å². The van der Waals surface area contributed by atoms with E-state index in [4.69, 9.17) is 4.74 Å². The van der Waals surface area contributed by atoms with E-state index >= 15 is 0 Å². The molecule has 0 unspecified atom stereocenters. The number of anilines is 1. The average molecular weight is 391 g/mol. The summed E-state index contributed by atoms with van der Waals surface area (Å²) in [5, 5.41) is 14.5. The largest absolute Gasteiger partial charge is 0.497 e. The maximum Gasteiger partial charge on any atom is 0.235 e. The fraction of sp³-hybridized carbons (Fsp3) is 0.364. The normalized spacial score (nSPS) is 15.7. The van der Waals surface area contributed by atoms with Crippen LogP contribution in [-0.4, -0.2) is 33.2 Å². The first kappa shape index (κ1) is 19.1. The van der Waals surface area contributed by atoms with Crippen molar-refractivity contribution in [2.45, 2.75) is 44.4 Å². The Balaban J connectivity index is 1.64. The number of benzene rings is 2. The predicted octanol–water partition coefficient (Wildman–Crippen LogP) is 3.82. The van der Waals surface area contributed by atoms with E-state index in [1.54, 1.807) is 18.1 Å². The van der Waals surface area contributed by atoms with E-state index < -0.39 is 5.41 Å². The van der Waals surface area contributed by atoms with E-state index in [1.165, 1.54) is 6.42 Å². The summed E-state index contributed by atoms with van der Waals surface area (Å²) in [7, 11) is 1.65. The molecule has 1 N–H and O–H groups in total. The van der Waals surface area contributed by atoms with Crippen molar-refractivity contribution in [2.24, 2.45) is 0 Å². The number of aryl methyl sites for hydroxylation is 1. The van der Waals surface area contributed by atoms with Gasteiger partial charge in [-0.1, -0.05) is 37.5 Å². The molecule has 1 heterocycles. The van der Waals surface area contributed by atoms with Crippen LogP contribution in [0.25, 0.3) is 5.69 Å². The lowest BCUT2D eigenvalue weighted by Crippen LogP contribution is -2.42. The molecule has 2 aromatic carbocycles. The molecule has 1 aliphatic rings. The third-order valence-electron chi connectivity index (χ3n) is 5.85. The van der Waals surface area contributed by atoms with E-state index in [2.05, 4.69) is 20.8 Å². The average Bonchev–Trinajstić information content (AvgIpc) is 3.30. The van der Waals surface area contributed by atoms with Crippen molar-refractivity contribution in [1.29, 1.82) is 0 Å². The number of amides is 1. The first-order chi connectivity index (χ1) is 14.1. The monoisotopic (exact) mass is 391 g/mol. The molecule has 7 nitrogen and oxygen atoms in total. The quantitative estimate of drug-likeness (QED) is 0.715. The third kappa shape index (κ3) is 3.72. The molecular formula is C22H25N5O2. The molecule has 0 spiro atoms. The Bertz CT molecular complexity index is 977. The van der Waals surface area contributed by atoms with Gasteiger partial charge in [0.1, 0.15) is 12.1 Å². The number of hydrogen-bond donors (Lipinski definition) is 1. The summed E-state index contributed by atoms with van der Waals surface area (Å²) >= 11 is 0. The highest BCUT2D eigenvalue weighted by Crippen LogP contribution is 2.41. The van der Waals surface area contributed by atoms with E-state index in [9.17, 15) is 4.79 Å². The molecule has 1 aromatic heterocycles. The lowest BCUT2D eigenvalue weighted by molar-refractivity contribution is -0.122. The molecule has 1 amide bonds. The summed E-state index contributed by atoms with van der Waals surface area (Å²) in [6.07, 6.45) is 6.49. The molecule has 1 fully saturated rings. The first-order valence-electron chi connectivity index (χ1n) is 9.92. The van der Waals surface area contributed by atoms with Crippen LogP contribution in [0, 0.1) is 6.92 Å². The number of rotatable bonds is 5. The van der Waals surface area contributed by atoms with Gasteiger partial charge in [0.2, 0.25) is 5.91 Å². The second kappa shape index (κ2) is 8.03. The number of carbonyl (C=O) groups excluding carboxylic acids is 1. The number of aromatic nitrogens is 4. The van der Waals surface area contributed by atoms with Gasteiger partial charge in [0.25, 0.3) is 0 Å². The van der Waals surface area contributed by atoms with Gasteiger partial charge in [-0.25, -0.2) is 4.68 Å². The van der Waals surface area contributed by atoms with Crippen LogP contribution in [-0.2, 0) is 10.2 Å². The lowest BCUT2D eigenvalue weighted by Gasteiger charge is -2.36. The zero-order valence-electron chi connectivity index (χ0n) is 16.8. The highest BCUT2D eigenvalue weighted by molar-refractivity contribution is 5.99. The standard InChI is InChI=1S/C22H25N5O2/c1-16-6-9-18(14-20(16)27-15-23-25-26-27)24-21(28)22(12-4-3-5-13-22)17-7-10-19(29-2)11-8-17/h6-11,14-15H,3-5,12-13H2,1-2H3,(H,24,28). The van der Waals surface area contributed by atoms with Crippen molar-refractivity contribution in [3.63, 3.8) is 0 Å². The highest BCUT2D eigenvalue weighted by Gasteiger charge is 2.41. The van der Waals surface area contributed by atoms with Crippen LogP contribution in [0.1, 0.15) is 43.2 Å². The van der Waals surface area contributed by atoms with Gasteiger partial charge in [0, 0.05) is 5.69 Å². The molecule has 29 heavy (non-hydrogen) atoms. The summed E-state index contributed by atoms with van der Waals surface area (Å²) in [6.45, 7) is 1.99. The molecule has 0 saturated heterocycles. The molecule has 4 rings (SSSR count). The van der Waals surface area contributed by atoms with Gasteiger partial charge >= 0.3 is 0 Å². The molecule has 0 atom stereocenters. The Kier molecular flexibility index (Phi) is 5.29. The number of tetrazole rings is 1. The lowest BCUT2D eigenvalue weighted by atomic mass is 9.68. The smallest absolute Gasteiger partial charge is 0.235 e. The summed E-state index contributed by atoms with van der Waals surface area (Å²) in [5.41, 5.74) is 3.13. The van der Waals surface area contributed by atoms with Crippen LogP contribution in [0.4, 0.5) is 5.69 Å². The summed E-state index contributed by atoms with van der Waals surface area (Å²) in [4.78, 5) is 13.5. The molecule has 0 radical (unpaired) electrons. The molecule has 1 saturated carbocycles. The second-order valence-corrected chi connectivity index (χ2v) is 7.58. The second-order valence-electron chi connectivity index (χ2n) is 7.58. The van der Waals surface area contributed by atoms with Crippen LogP contribution in [0.5, 0.6) is 5.75 Å². The molecule has 0 aliphatic heterocycles. The molecule has 1 aliphatic carbocycles. The Hall–Kier alpha value is -3.22. The van der Waals surface area contributed by atoms with Crippen LogP contribution < -0.4 is 10.1 Å². The van der Waals surface area contributed by atoms with Gasteiger partial charge in [-0.15, -0.1) is 5.10 Å². The molecular weight excluding hydrogens is 366 g/mol. The molecule has 3 aromatic rings. The maximum atomic E-state index is 13.5. The number of nitrogens with zero attached hydrogens (tertiary/aromatic N) is 4. The van der Waals surface area contributed by atoms with Crippen molar-refractivity contribution in [3.8, 4) is 11.4 Å². The number of ether oxygens (including phenoxy) is 1. The van der Waals surface area contributed by atoms with Gasteiger partial charge in [0.05, 0.1) is 18.2 Å². The third-order valence-corrected chi connectivity index (χ3v) is 5.85. The Morgan fingerprint density at radius 3 is 2.52 bits per heavy atom. The fourth-order valence-electron chi connectivity index (χ4n) is 4.17. The Labute approximate surface area is 170 Å². The predicted molar refractivity (Wildman–Crippen MR) is 110 cm³/mol. The van der Waals surface area contributed by atoms with Gasteiger partial charge in [-0.2, -0.15) is 0 Å². The minimum absolute atomic E-state index is 0.0360. The number of nitrogens with one attached hydrogen (secondary N) is 1. The zero-order chi connectivity index (χ0) is 20.3. The molecule has 7 heteroatoms. The number of hydrogen-bond acceptors (Lipinski definition) is 5. The first-order valence-corrected chi connectivity index (χ1v) is 9.92. The van der Waals surface area contributed by atoms with Crippen molar-refractivity contribution in [2.75, 3.05) is 12.4 Å². The van der Waals surface area contributed by atoms with Crippen molar-refractivity contribution in [3.05, 3.63) is 59.9 Å². The Morgan fingerprint density at radius 1 is 1.10 bits per heavy atom. The van der Waals surface area contributed by atoms with Crippen molar-refractivity contribution in [1.82, 2.24) is 20.2 Å². The molecule has 150 valence electrons. The summed E-state index contributed by atoms with van der Waals surface area (Å²) in [6, 6.07) is 13.7. The van der Waals surface area contributed by atoms with Gasteiger partial charge in [-0.3, -0.25) is 4.79 Å². The van der Waals surface area contributed by atoms with E-state index in [-0.39, 0.29) is 5.91 Å². The topological polar surface area (TPSA) is 81.9 Å². The van der Waals surface area contributed by atoms with Gasteiger partial charge in [-0.05, 0) is 65.6 Å². The molecule has 0 bridgehead atoms. The van der Waals surface area contributed by atoms with E-state index in [0.717, 1.165) is 53.9 Å². The number of methoxy groups -OCH3 is 1. The number of carbonyl (C=O) groups is 1. The minimum atomic E-state index is -0.523. The van der Waals surface area contributed by atoms with E-state index in [1.807, 2.05) is 49.4 Å². The summed E-state index contributed by atoms with van der Waals surface area (Å²) in [5.74, 6) is 0.832. The fourth-order valence-corrected chi connectivity index (χ4v) is 4.17. The van der Waals surface area contributed by atoms with Gasteiger partial charge < -0.3 is 10.1 Å².